The minimum Gasteiger partial charge on any atom is -0.453 e. The molecule has 230 valence electrons. The van der Waals surface area contributed by atoms with E-state index < -0.39 is 0 Å². The Morgan fingerprint density at radius 3 is 1.72 bits per heavy atom. The molecule has 0 spiro atoms. The Labute approximate surface area is 275 Å². The van der Waals surface area contributed by atoms with Crippen LogP contribution in [0.1, 0.15) is 52.7 Å². The molecule has 6 aromatic carbocycles. The van der Waals surface area contributed by atoms with Gasteiger partial charge in [0, 0.05) is 27.2 Å². The Hall–Kier alpha value is -5.28. The Kier molecular flexibility index (Phi) is 5.73. The second kappa shape index (κ2) is 9.62. The van der Waals surface area contributed by atoms with Crippen molar-refractivity contribution in [2.75, 3.05) is 0 Å². The summed E-state index contributed by atoms with van der Waals surface area (Å²) in [7, 11) is 0. The third-order valence-corrected chi connectivity index (χ3v) is 10.0. The number of ether oxygens (including phenoxy) is 1. The van der Waals surface area contributed by atoms with Crippen molar-refractivity contribution in [3.8, 4) is 34.0 Å². The van der Waals surface area contributed by atoms with Crippen LogP contribution >= 0.6 is 0 Å². The summed E-state index contributed by atoms with van der Waals surface area (Å²) in [6, 6.07) is 44.6. The van der Waals surface area contributed by atoms with E-state index in [1.54, 1.807) is 0 Å². The van der Waals surface area contributed by atoms with Gasteiger partial charge in [0.05, 0.1) is 27.8 Å². The molecule has 2 aromatic heterocycles. The molecule has 0 unspecified atom stereocenters. The van der Waals surface area contributed by atoms with Crippen LogP contribution in [-0.2, 0) is 10.8 Å². The molecular weight excluding hydrogens is 572 g/mol. The van der Waals surface area contributed by atoms with Gasteiger partial charge in [0.15, 0.2) is 11.5 Å². The summed E-state index contributed by atoms with van der Waals surface area (Å²) >= 11 is 0. The summed E-state index contributed by atoms with van der Waals surface area (Å²) < 4.78 is 11.1. The molecule has 9 rings (SSSR count). The lowest BCUT2D eigenvalue weighted by Gasteiger charge is -2.20. The van der Waals surface area contributed by atoms with E-state index in [1.165, 1.54) is 66.0 Å². The first-order chi connectivity index (χ1) is 22.6. The van der Waals surface area contributed by atoms with Crippen LogP contribution in [0.3, 0.4) is 0 Å². The van der Waals surface area contributed by atoms with E-state index in [9.17, 15) is 0 Å². The number of fused-ring (bicyclic) bond motifs is 8. The zero-order chi connectivity index (χ0) is 32.2. The highest BCUT2D eigenvalue weighted by molar-refractivity contribution is 6.13. The van der Waals surface area contributed by atoms with Crippen LogP contribution in [0.4, 0.5) is 0 Å². The van der Waals surface area contributed by atoms with Gasteiger partial charge in [-0.3, -0.25) is 0 Å². The molecule has 0 atom stereocenters. The van der Waals surface area contributed by atoms with Crippen LogP contribution in [0.15, 0.2) is 121 Å². The lowest BCUT2D eigenvalue weighted by molar-refractivity contribution is 0.476. The molecule has 3 nitrogen and oxygen atoms in total. The topological polar surface area (TPSA) is 19.1 Å². The molecule has 0 fully saturated rings. The van der Waals surface area contributed by atoms with Crippen molar-refractivity contribution in [1.29, 1.82) is 0 Å². The molecule has 0 bridgehead atoms. The summed E-state index contributed by atoms with van der Waals surface area (Å²) in [5.74, 6) is 1.79. The smallest absolute Gasteiger partial charge is 0.152 e. The quantitative estimate of drug-likeness (QED) is 0.191. The first-order valence-electron chi connectivity index (χ1n) is 16.6. The van der Waals surface area contributed by atoms with Crippen LogP contribution in [0, 0.1) is 0 Å². The van der Waals surface area contributed by atoms with Gasteiger partial charge in [-0.05, 0) is 93.7 Å². The molecule has 8 aromatic rings. The minimum atomic E-state index is 0.0774. The van der Waals surface area contributed by atoms with E-state index in [4.69, 9.17) is 4.74 Å². The van der Waals surface area contributed by atoms with Crippen molar-refractivity contribution in [3.63, 3.8) is 0 Å². The lowest BCUT2D eigenvalue weighted by atomic mass is 9.85. The molecule has 47 heavy (non-hydrogen) atoms. The first-order valence-corrected chi connectivity index (χ1v) is 16.6. The average Bonchev–Trinajstić information content (AvgIpc) is 3.57. The van der Waals surface area contributed by atoms with Crippen LogP contribution in [0.5, 0.6) is 11.5 Å². The average molecular weight is 611 g/mol. The zero-order valence-corrected chi connectivity index (χ0v) is 27.8. The zero-order valence-electron chi connectivity index (χ0n) is 27.8. The predicted octanol–water partition coefficient (Wildman–Crippen LogP) is 12.2. The van der Waals surface area contributed by atoms with Crippen molar-refractivity contribution >= 4 is 43.6 Å². The van der Waals surface area contributed by atoms with E-state index in [1.807, 2.05) is 12.1 Å². The summed E-state index contributed by atoms with van der Waals surface area (Å²) in [5.41, 5.74) is 12.3. The molecule has 0 saturated heterocycles. The molecule has 3 heterocycles. The Bertz CT molecular complexity index is 2480. The summed E-state index contributed by atoms with van der Waals surface area (Å²) in [6.45, 7) is 13.8. The van der Waals surface area contributed by atoms with Gasteiger partial charge in [0.25, 0.3) is 0 Å². The second-order valence-electron chi connectivity index (χ2n) is 15.1. The monoisotopic (exact) mass is 610 g/mol. The molecule has 1 aliphatic rings. The van der Waals surface area contributed by atoms with Gasteiger partial charge in [-0.1, -0.05) is 102 Å². The van der Waals surface area contributed by atoms with Gasteiger partial charge >= 0.3 is 0 Å². The van der Waals surface area contributed by atoms with Gasteiger partial charge in [-0.25, -0.2) is 0 Å². The van der Waals surface area contributed by atoms with Gasteiger partial charge in [0.2, 0.25) is 0 Å². The number of hydrogen-bond donors (Lipinski definition) is 0. The fourth-order valence-corrected chi connectivity index (χ4v) is 7.43. The third-order valence-electron chi connectivity index (χ3n) is 10.0. The number of rotatable bonds is 2. The normalized spacial score (nSPS) is 13.1. The highest BCUT2D eigenvalue weighted by Crippen LogP contribution is 2.46. The van der Waals surface area contributed by atoms with Crippen LogP contribution in [-0.4, -0.2) is 9.13 Å². The molecule has 0 radical (unpaired) electrons. The number of hydrogen-bond acceptors (Lipinski definition) is 1. The van der Waals surface area contributed by atoms with E-state index >= 15 is 0 Å². The van der Waals surface area contributed by atoms with Crippen molar-refractivity contribution < 1.29 is 4.74 Å². The summed E-state index contributed by atoms with van der Waals surface area (Å²) in [5, 5.41) is 5.07. The Morgan fingerprint density at radius 1 is 0.447 bits per heavy atom. The predicted molar refractivity (Wildman–Crippen MR) is 198 cm³/mol. The van der Waals surface area contributed by atoms with Crippen molar-refractivity contribution in [3.05, 3.63) is 132 Å². The first kappa shape index (κ1) is 28.0. The number of benzene rings is 6. The Morgan fingerprint density at radius 2 is 1.06 bits per heavy atom. The molecule has 1 aliphatic heterocycles. The minimum absolute atomic E-state index is 0.0774. The maximum absolute atomic E-state index is 6.33. The highest BCUT2D eigenvalue weighted by Gasteiger charge is 2.24. The second-order valence-corrected chi connectivity index (χ2v) is 15.1. The fraction of sp³-hybridized carbons (Fsp3) is 0.182. The van der Waals surface area contributed by atoms with Crippen molar-refractivity contribution in [2.24, 2.45) is 0 Å². The van der Waals surface area contributed by atoms with E-state index in [-0.39, 0.29) is 10.8 Å². The van der Waals surface area contributed by atoms with Gasteiger partial charge in [0.1, 0.15) is 0 Å². The fourth-order valence-electron chi connectivity index (χ4n) is 7.43. The molecule has 0 N–H and O–H groups in total. The molecule has 3 heteroatoms. The van der Waals surface area contributed by atoms with Crippen molar-refractivity contribution in [1.82, 2.24) is 9.13 Å². The van der Waals surface area contributed by atoms with Gasteiger partial charge < -0.3 is 13.9 Å². The molecule has 0 saturated carbocycles. The number of aromatic nitrogens is 2. The molecule has 0 amide bonds. The number of nitrogens with zero attached hydrogens (tertiary/aromatic N) is 2. The maximum atomic E-state index is 6.33. The van der Waals surface area contributed by atoms with E-state index in [2.05, 4.69) is 160 Å². The highest BCUT2D eigenvalue weighted by atomic mass is 16.5. The maximum Gasteiger partial charge on any atom is 0.152 e. The van der Waals surface area contributed by atoms with Gasteiger partial charge in [-0.15, -0.1) is 0 Å². The summed E-state index contributed by atoms with van der Waals surface area (Å²) in [6.07, 6.45) is 0. The lowest BCUT2D eigenvalue weighted by Crippen LogP contribution is -2.10. The van der Waals surface area contributed by atoms with E-state index in [0.29, 0.717) is 0 Å². The van der Waals surface area contributed by atoms with Crippen molar-refractivity contribution in [2.45, 2.75) is 52.4 Å². The summed E-state index contributed by atoms with van der Waals surface area (Å²) in [4.78, 5) is 0. The van der Waals surface area contributed by atoms with Crippen LogP contribution in [0.25, 0.3) is 66.1 Å². The van der Waals surface area contributed by atoms with Crippen LogP contribution in [0.2, 0.25) is 0 Å². The Balaban J connectivity index is 1.20. The standard InChI is InChI=1S/C44H38N2O/c1-43(2,3)29-17-22-36-34(25-29)35-26-30(44(4,5)6)18-23-37(35)45(36)31-19-14-27(15-20-31)28-16-21-32-33-10-9-13-41-42(33)46(39(32)24-28)38-11-7-8-12-40(38)47-41/h7-26H,1-6H3. The van der Waals surface area contributed by atoms with Gasteiger partial charge in [-0.2, -0.15) is 0 Å². The SMILES string of the molecule is CC(C)(C)c1ccc2c(c1)c1cc(C(C)(C)C)ccc1n2-c1ccc(-c2ccc3c4cccc5c4n(c3c2)-c2ccccc2O5)cc1. The molecular formula is C44H38N2O. The van der Waals surface area contributed by atoms with E-state index in [0.717, 1.165) is 22.7 Å². The third kappa shape index (κ3) is 4.19. The molecule has 0 aliphatic carbocycles. The largest absolute Gasteiger partial charge is 0.453 e. The van der Waals surface area contributed by atoms with Crippen LogP contribution < -0.4 is 4.74 Å². The number of para-hydroxylation sites is 3.